The van der Waals surface area contributed by atoms with Gasteiger partial charge in [0.2, 0.25) is 11.8 Å². The number of nitrogens with one attached hydrogen (secondary N) is 1. The van der Waals surface area contributed by atoms with Crippen LogP contribution in [0.2, 0.25) is 0 Å². The molecule has 0 bridgehead atoms. The Labute approximate surface area is 171 Å². The fourth-order valence-electron chi connectivity index (χ4n) is 5.01. The lowest BCUT2D eigenvalue weighted by Gasteiger charge is -2.36. The number of carbonyl (C=O) groups is 2. The van der Waals surface area contributed by atoms with Crippen LogP contribution in [-0.4, -0.2) is 44.0 Å². The third-order valence-corrected chi connectivity index (χ3v) is 7.28. The van der Waals surface area contributed by atoms with Crippen molar-refractivity contribution in [2.45, 2.75) is 37.9 Å². The third kappa shape index (κ3) is 2.83. The fourth-order valence-corrected chi connectivity index (χ4v) is 5.54. The van der Waals surface area contributed by atoms with Crippen molar-refractivity contribution in [1.29, 1.82) is 0 Å². The van der Waals surface area contributed by atoms with E-state index in [0.29, 0.717) is 11.7 Å². The Morgan fingerprint density at radius 1 is 1.31 bits per heavy atom. The summed E-state index contributed by atoms with van der Waals surface area (Å²) in [5.74, 6) is -1.08. The molecule has 9 heteroatoms. The predicted molar refractivity (Wildman–Crippen MR) is 106 cm³/mol. The number of aliphatic hydroxyl groups excluding tert-OH is 1. The Morgan fingerprint density at radius 2 is 2.14 bits per heavy atom. The summed E-state index contributed by atoms with van der Waals surface area (Å²) < 4.78 is 1.67. The molecule has 29 heavy (non-hydrogen) atoms. The minimum Gasteiger partial charge on any atom is -0.396 e. The molecular weight excluding hydrogens is 392 g/mol. The minimum absolute atomic E-state index is 0.0498. The molecule has 2 aromatic heterocycles. The number of amides is 2. The highest BCUT2D eigenvalue weighted by Crippen LogP contribution is 2.50. The summed E-state index contributed by atoms with van der Waals surface area (Å²) >= 11 is 1.31. The highest BCUT2D eigenvalue weighted by Gasteiger charge is 2.58. The number of pyridine rings is 1. The van der Waals surface area contributed by atoms with Gasteiger partial charge in [0.1, 0.15) is 6.04 Å². The number of carbonyl (C=O) groups excluding carboxylic acids is 2. The number of hydrogen-bond donors (Lipinski definition) is 2. The lowest BCUT2D eigenvalue weighted by atomic mass is 9.84. The van der Waals surface area contributed by atoms with Crippen molar-refractivity contribution >= 4 is 28.3 Å². The van der Waals surface area contributed by atoms with Crippen molar-refractivity contribution in [1.82, 2.24) is 14.5 Å². The molecule has 4 atom stereocenters. The maximum Gasteiger partial charge on any atom is 0.250 e. The Kier molecular flexibility index (Phi) is 4.51. The molecule has 0 radical (unpaired) electrons. The molecule has 0 unspecified atom stereocenters. The van der Waals surface area contributed by atoms with E-state index in [1.165, 1.54) is 17.4 Å². The molecule has 1 aliphatic carbocycles. The number of fused-ring (bicyclic) bond motifs is 3. The van der Waals surface area contributed by atoms with Gasteiger partial charge in [-0.25, -0.2) is 4.98 Å². The van der Waals surface area contributed by atoms with Crippen LogP contribution in [0.1, 0.15) is 31.0 Å². The lowest BCUT2D eigenvalue weighted by molar-refractivity contribution is -0.145. The molecule has 2 fully saturated rings. The number of anilines is 1. The first-order valence-electron chi connectivity index (χ1n) is 9.93. The number of hydrogen-bond acceptors (Lipinski definition) is 6. The number of thiazole rings is 1. The molecule has 2 amide bonds. The van der Waals surface area contributed by atoms with E-state index < -0.39 is 12.0 Å². The van der Waals surface area contributed by atoms with E-state index >= 15 is 0 Å². The molecule has 2 aromatic rings. The average Bonchev–Trinajstić information content (AvgIpc) is 3.35. The summed E-state index contributed by atoms with van der Waals surface area (Å²) in [6.45, 7) is 0.175. The van der Waals surface area contributed by atoms with Crippen molar-refractivity contribution in [3.8, 4) is 0 Å². The van der Waals surface area contributed by atoms with E-state index in [2.05, 4.69) is 10.3 Å². The van der Waals surface area contributed by atoms with Crippen molar-refractivity contribution in [3.63, 3.8) is 0 Å². The number of rotatable bonds is 4. The fraction of sp³-hybridized carbons (Fsp3) is 0.500. The van der Waals surface area contributed by atoms with Crippen LogP contribution in [0.5, 0.6) is 0 Å². The Morgan fingerprint density at radius 3 is 2.79 bits per heavy atom. The van der Waals surface area contributed by atoms with Crippen LogP contribution < -0.4 is 10.9 Å². The zero-order valence-corrected chi connectivity index (χ0v) is 16.5. The number of likely N-dealkylation sites (tertiary alicyclic amines) is 1. The van der Waals surface area contributed by atoms with Gasteiger partial charge in [0.25, 0.3) is 5.56 Å². The molecule has 5 rings (SSSR count). The van der Waals surface area contributed by atoms with Crippen LogP contribution >= 0.6 is 11.3 Å². The molecular formula is C20H22N4O4S. The van der Waals surface area contributed by atoms with E-state index in [9.17, 15) is 19.5 Å². The van der Waals surface area contributed by atoms with Gasteiger partial charge in [0, 0.05) is 54.2 Å². The Balaban J connectivity index is 1.56. The van der Waals surface area contributed by atoms with E-state index in [1.807, 2.05) is 6.07 Å². The Hall–Kier alpha value is -2.52. The standard InChI is InChI=1S/C20H22N4O4S/c25-10-13-12-9-23-14(5-2-6-15(23)26)16(12)24(19(28)11-3-1-4-11)17(13)18(27)22-20-21-7-8-29-20/h2,5-8,11-13,16-17,25H,1,3-4,9-10H2,(H,21,22,27)/t12-,13-,16+,17-/m1/s1. The van der Waals surface area contributed by atoms with Crippen LogP contribution in [0, 0.1) is 17.8 Å². The molecule has 2 aliphatic heterocycles. The van der Waals surface area contributed by atoms with Crippen LogP contribution in [0.15, 0.2) is 34.6 Å². The molecule has 2 N–H and O–H groups in total. The molecule has 8 nitrogen and oxygen atoms in total. The van der Waals surface area contributed by atoms with Gasteiger partial charge in [-0.15, -0.1) is 11.3 Å². The van der Waals surface area contributed by atoms with Crippen molar-refractivity contribution in [2.24, 2.45) is 17.8 Å². The van der Waals surface area contributed by atoms with Crippen LogP contribution in [-0.2, 0) is 16.1 Å². The smallest absolute Gasteiger partial charge is 0.250 e. The van der Waals surface area contributed by atoms with E-state index in [-0.39, 0.29) is 41.9 Å². The van der Waals surface area contributed by atoms with E-state index in [0.717, 1.165) is 25.0 Å². The predicted octanol–water partition coefficient (Wildman–Crippen LogP) is 1.23. The maximum absolute atomic E-state index is 13.4. The first kappa shape index (κ1) is 18.5. The molecule has 0 spiro atoms. The van der Waals surface area contributed by atoms with Gasteiger partial charge < -0.3 is 19.9 Å². The van der Waals surface area contributed by atoms with Gasteiger partial charge >= 0.3 is 0 Å². The second-order valence-electron chi connectivity index (χ2n) is 8.00. The number of nitrogens with zero attached hydrogens (tertiary/aromatic N) is 3. The molecule has 1 saturated carbocycles. The SMILES string of the molecule is O=C(Nc1nccs1)[C@H]1[C@H](CO)[C@H]2Cn3c(cccc3=O)[C@H]2N1C(=O)C1CCC1. The lowest BCUT2D eigenvalue weighted by Crippen LogP contribution is -2.50. The minimum atomic E-state index is -0.781. The zero-order chi connectivity index (χ0) is 20.1. The first-order valence-corrected chi connectivity index (χ1v) is 10.8. The normalized spacial score (nSPS) is 28.0. The highest BCUT2D eigenvalue weighted by molar-refractivity contribution is 7.13. The third-order valence-electron chi connectivity index (χ3n) is 6.59. The molecule has 152 valence electrons. The monoisotopic (exact) mass is 414 g/mol. The van der Waals surface area contributed by atoms with Gasteiger partial charge in [-0.2, -0.15) is 0 Å². The van der Waals surface area contributed by atoms with Crippen LogP contribution in [0.3, 0.4) is 0 Å². The first-order chi connectivity index (χ1) is 14.1. The molecule has 0 aromatic carbocycles. The van der Waals surface area contributed by atoms with Gasteiger partial charge in [-0.05, 0) is 18.9 Å². The summed E-state index contributed by atoms with van der Waals surface area (Å²) in [6, 6.07) is 3.89. The topological polar surface area (TPSA) is 105 Å². The van der Waals surface area contributed by atoms with E-state index in [1.54, 1.807) is 27.1 Å². The van der Waals surface area contributed by atoms with Crippen LogP contribution in [0.4, 0.5) is 5.13 Å². The van der Waals surface area contributed by atoms with Crippen molar-refractivity contribution in [2.75, 3.05) is 11.9 Å². The average molecular weight is 414 g/mol. The van der Waals surface area contributed by atoms with Gasteiger partial charge in [0.05, 0.1) is 6.04 Å². The van der Waals surface area contributed by atoms with Crippen LogP contribution in [0.25, 0.3) is 0 Å². The zero-order valence-electron chi connectivity index (χ0n) is 15.7. The quantitative estimate of drug-likeness (QED) is 0.783. The Bertz CT molecular complexity index is 1000. The number of aromatic nitrogens is 2. The summed E-state index contributed by atoms with van der Waals surface area (Å²) in [6.07, 6.45) is 4.25. The van der Waals surface area contributed by atoms with Crippen molar-refractivity contribution in [3.05, 3.63) is 45.8 Å². The second kappa shape index (κ2) is 7.07. The van der Waals surface area contributed by atoms with Gasteiger partial charge in [-0.1, -0.05) is 12.5 Å². The summed E-state index contributed by atoms with van der Waals surface area (Å²) in [7, 11) is 0. The number of aliphatic hydroxyl groups is 1. The van der Waals surface area contributed by atoms with Gasteiger partial charge in [0.15, 0.2) is 5.13 Å². The molecule has 4 heterocycles. The van der Waals surface area contributed by atoms with Crippen molar-refractivity contribution < 1.29 is 14.7 Å². The highest BCUT2D eigenvalue weighted by atomic mass is 32.1. The summed E-state index contributed by atoms with van der Waals surface area (Å²) in [5, 5.41) is 15.2. The maximum atomic E-state index is 13.4. The molecule has 3 aliphatic rings. The summed E-state index contributed by atoms with van der Waals surface area (Å²) in [5.41, 5.74) is 0.631. The van der Waals surface area contributed by atoms with E-state index in [4.69, 9.17) is 0 Å². The largest absolute Gasteiger partial charge is 0.396 e. The summed E-state index contributed by atoms with van der Waals surface area (Å²) in [4.78, 5) is 44.7. The molecule has 1 saturated heterocycles. The van der Waals surface area contributed by atoms with Gasteiger partial charge in [-0.3, -0.25) is 14.4 Å². The second-order valence-corrected chi connectivity index (χ2v) is 8.89.